The molecule has 0 aliphatic heterocycles. The minimum atomic E-state index is -0.745. The topological polar surface area (TPSA) is 37.3 Å². The second-order valence-corrected chi connectivity index (χ2v) is 4.33. The molecule has 0 amide bonds. The number of carboxylic acid groups (broad SMARTS) is 1. The first-order valence-corrected chi connectivity index (χ1v) is 5.53. The van der Waals surface area contributed by atoms with Crippen LogP contribution in [-0.4, -0.2) is 11.1 Å². The van der Waals surface area contributed by atoms with E-state index in [1.165, 1.54) is 25.7 Å². The van der Waals surface area contributed by atoms with Gasteiger partial charge in [-0.1, -0.05) is 26.0 Å². The van der Waals surface area contributed by atoms with E-state index in [1.54, 1.807) is 6.92 Å². The van der Waals surface area contributed by atoms with Crippen LogP contribution >= 0.6 is 0 Å². The Hall–Kier alpha value is -0.790. The van der Waals surface area contributed by atoms with Crippen LogP contribution in [0.4, 0.5) is 0 Å². The number of aliphatic carboxylic acids is 1. The first kappa shape index (κ1) is 11.3. The fraction of sp³-hybridized carbons (Fsp3) is 0.750. The summed E-state index contributed by atoms with van der Waals surface area (Å²) < 4.78 is 0. The monoisotopic (exact) mass is 196 g/mol. The van der Waals surface area contributed by atoms with Crippen molar-refractivity contribution in [1.29, 1.82) is 0 Å². The van der Waals surface area contributed by atoms with Crippen LogP contribution in [0.3, 0.4) is 0 Å². The summed E-state index contributed by atoms with van der Waals surface area (Å²) >= 11 is 0. The molecule has 1 N–H and O–H groups in total. The Morgan fingerprint density at radius 1 is 1.57 bits per heavy atom. The van der Waals surface area contributed by atoms with Crippen LogP contribution in [0.2, 0.25) is 0 Å². The zero-order valence-corrected chi connectivity index (χ0v) is 9.12. The van der Waals surface area contributed by atoms with Gasteiger partial charge in [-0.3, -0.25) is 4.79 Å². The lowest BCUT2D eigenvalue weighted by Crippen LogP contribution is -2.08. The first-order valence-electron chi connectivity index (χ1n) is 5.53. The van der Waals surface area contributed by atoms with Crippen LogP contribution in [0.15, 0.2) is 12.2 Å². The molecule has 2 unspecified atom stereocenters. The summed E-state index contributed by atoms with van der Waals surface area (Å²) in [5.41, 5.74) is 0.671. The zero-order chi connectivity index (χ0) is 10.6. The van der Waals surface area contributed by atoms with Crippen LogP contribution in [0.1, 0.15) is 46.0 Å². The Balaban J connectivity index is 0.000000171. The molecule has 14 heavy (non-hydrogen) atoms. The van der Waals surface area contributed by atoms with E-state index >= 15 is 0 Å². The number of hydrogen-bond acceptors (Lipinski definition) is 1. The summed E-state index contributed by atoms with van der Waals surface area (Å²) in [6, 6.07) is 0. The van der Waals surface area contributed by atoms with Gasteiger partial charge in [0.25, 0.3) is 0 Å². The standard InChI is InChI=1S/C9H14.C3H6O2/c1-2-9-5-3-8(7-9)4-6-9;1-2-3(4)5/h3,5,8H,2,4,6-7H2,1H3;2H2,1H3,(H,4,5). The molecule has 0 aromatic carbocycles. The van der Waals surface area contributed by atoms with E-state index in [-0.39, 0.29) is 6.42 Å². The molecular formula is C12H20O2. The Morgan fingerprint density at radius 3 is 2.36 bits per heavy atom. The van der Waals surface area contributed by atoms with Crippen LogP contribution in [0.5, 0.6) is 0 Å². The highest BCUT2D eigenvalue weighted by molar-refractivity contribution is 5.66. The highest BCUT2D eigenvalue weighted by Crippen LogP contribution is 2.50. The lowest BCUT2D eigenvalue weighted by atomic mass is 9.85. The molecule has 2 aliphatic rings. The van der Waals surface area contributed by atoms with Crippen molar-refractivity contribution >= 4 is 5.97 Å². The van der Waals surface area contributed by atoms with Gasteiger partial charge in [0.2, 0.25) is 0 Å². The summed E-state index contributed by atoms with van der Waals surface area (Å²) in [5.74, 6) is 0.218. The molecule has 80 valence electrons. The maximum Gasteiger partial charge on any atom is 0.303 e. The van der Waals surface area contributed by atoms with Gasteiger partial charge in [-0.15, -0.1) is 0 Å². The van der Waals surface area contributed by atoms with E-state index in [2.05, 4.69) is 19.1 Å². The maximum atomic E-state index is 9.37. The second kappa shape index (κ2) is 4.63. The van der Waals surface area contributed by atoms with Crippen LogP contribution in [-0.2, 0) is 4.79 Å². The molecule has 0 spiro atoms. The van der Waals surface area contributed by atoms with Crippen molar-refractivity contribution in [2.75, 3.05) is 0 Å². The van der Waals surface area contributed by atoms with Gasteiger partial charge in [0.05, 0.1) is 0 Å². The van der Waals surface area contributed by atoms with Crippen LogP contribution in [0.25, 0.3) is 0 Å². The van der Waals surface area contributed by atoms with Crippen LogP contribution in [0, 0.1) is 11.3 Å². The van der Waals surface area contributed by atoms with Gasteiger partial charge in [-0.2, -0.15) is 0 Å². The van der Waals surface area contributed by atoms with Gasteiger partial charge < -0.3 is 5.11 Å². The Kier molecular flexibility index (Phi) is 3.73. The summed E-state index contributed by atoms with van der Waals surface area (Å²) in [6.45, 7) is 3.92. The van der Waals surface area contributed by atoms with Gasteiger partial charge >= 0.3 is 5.97 Å². The Bertz CT molecular complexity index is 232. The van der Waals surface area contributed by atoms with E-state index in [0.29, 0.717) is 5.41 Å². The normalized spacial score (nSPS) is 32.6. The highest BCUT2D eigenvalue weighted by atomic mass is 16.4. The van der Waals surface area contributed by atoms with Crippen LogP contribution < -0.4 is 0 Å². The van der Waals surface area contributed by atoms with Gasteiger partial charge in [-0.05, 0) is 37.0 Å². The van der Waals surface area contributed by atoms with Crippen molar-refractivity contribution in [3.8, 4) is 0 Å². The van der Waals surface area contributed by atoms with Gasteiger partial charge in [-0.25, -0.2) is 0 Å². The number of carboxylic acids is 1. The van der Waals surface area contributed by atoms with E-state index in [4.69, 9.17) is 5.11 Å². The van der Waals surface area contributed by atoms with E-state index in [0.717, 1.165) is 5.92 Å². The number of allylic oxidation sites excluding steroid dienone is 2. The lowest BCUT2D eigenvalue weighted by Gasteiger charge is -2.19. The van der Waals surface area contributed by atoms with Gasteiger partial charge in [0.15, 0.2) is 0 Å². The minimum absolute atomic E-state index is 0.222. The number of fused-ring (bicyclic) bond motifs is 2. The molecule has 0 heterocycles. The van der Waals surface area contributed by atoms with E-state index in [9.17, 15) is 4.79 Å². The third kappa shape index (κ3) is 2.60. The minimum Gasteiger partial charge on any atom is -0.481 e. The number of rotatable bonds is 2. The predicted octanol–water partition coefficient (Wildman–Crippen LogP) is 3.23. The maximum absolute atomic E-state index is 9.37. The number of hydrogen-bond donors (Lipinski definition) is 1. The Morgan fingerprint density at radius 2 is 2.21 bits per heavy atom. The molecule has 2 atom stereocenters. The third-order valence-electron chi connectivity index (χ3n) is 3.41. The summed E-state index contributed by atoms with van der Waals surface area (Å²) in [6.07, 6.45) is 10.9. The molecule has 0 aromatic rings. The molecule has 2 nitrogen and oxygen atoms in total. The average molecular weight is 196 g/mol. The molecule has 1 fully saturated rings. The van der Waals surface area contributed by atoms with E-state index in [1.807, 2.05) is 0 Å². The van der Waals surface area contributed by atoms with Crippen molar-refractivity contribution in [3.63, 3.8) is 0 Å². The summed E-state index contributed by atoms with van der Waals surface area (Å²) in [7, 11) is 0. The molecule has 2 rings (SSSR count). The molecule has 1 saturated carbocycles. The number of carbonyl (C=O) groups is 1. The summed E-state index contributed by atoms with van der Waals surface area (Å²) in [4.78, 5) is 9.37. The molecule has 0 aromatic heterocycles. The fourth-order valence-corrected chi connectivity index (χ4v) is 2.29. The van der Waals surface area contributed by atoms with Gasteiger partial charge in [0, 0.05) is 6.42 Å². The molecule has 0 radical (unpaired) electrons. The molecule has 2 aliphatic carbocycles. The predicted molar refractivity (Wildman–Crippen MR) is 57.1 cm³/mol. The largest absolute Gasteiger partial charge is 0.481 e. The smallest absolute Gasteiger partial charge is 0.303 e. The van der Waals surface area contributed by atoms with Crippen molar-refractivity contribution in [2.45, 2.75) is 46.0 Å². The zero-order valence-electron chi connectivity index (χ0n) is 9.12. The highest BCUT2D eigenvalue weighted by Gasteiger charge is 2.38. The van der Waals surface area contributed by atoms with Crippen molar-refractivity contribution in [2.24, 2.45) is 11.3 Å². The Labute approximate surface area is 86.0 Å². The fourth-order valence-electron chi connectivity index (χ4n) is 2.29. The molecular weight excluding hydrogens is 176 g/mol. The molecule has 0 saturated heterocycles. The molecule has 2 heteroatoms. The SMILES string of the molecule is CCC(=O)O.CCC12C=CC(CC1)C2. The lowest BCUT2D eigenvalue weighted by molar-refractivity contribution is -0.136. The summed E-state index contributed by atoms with van der Waals surface area (Å²) in [5, 5.41) is 7.72. The van der Waals surface area contributed by atoms with Crippen molar-refractivity contribution in [3.05, 3.63) is 12.2 Å². The quantitative estimate of drug-likeness (QED) is 0.688. The average Bonchev–Trinajstić information content (AvgIpc) is 2.79. The van der Waals surface area contributed by atoms with Crippen molar-refractivity contribution < 1.29 is 9.90 Å². The van der Waals surface area contributed by atoms with Crippen molar-refractivity contribution in [1.82, 2.24) is 0 Å². The van der Waals surface area contributed by atoms with Gasteiger partial charge in [0.1, 0.15) is 0 Å². The second-order valence-electron chi connectivity index (χ2n) is 4.33. The first-order chi connectivity index (χ1) is 6.62. The molecule has 2 bridgehead atoms. The van der Waals surface area contributed by atoms with E-state index < -0.39 is 5.97 Å². The third-order valence-corrected chi connectivity index (χ3v) is 3.41.